The molecule has 0 fully saturated rings. The molecule has 2 unspecified atom stereocenters. The molecule has 1 aliphatic heterocycles. The lowest BCUT2D eigenvalue weighted by Crippen LogP contribution is -2.55. The number of nitrogens with zero attached hydrogens (tertiary/aromatic N) is 1. The van der Waals surface area contributed by atoms with Gasteiger partial charge in [0.25, 0.3) is 0 Å². The van der Waals surface area contributed by atoms with Crippen LogP contribution in [0.3, 0.4) is 0 Å². The van der Waals surface area contributed by atoms with Gasteiger partial charge in [-0.2, -0.15) is 0 Å². The number of hydrogen-bond acceptors (Lipinski definition) is 2. The molecular weight excluding hydrogens is 286 g/mol. The Morgan fingerprint density at radius 2 is 2.00 bits per heavy atom. The van der Waals surface area contributed by atoms with Crippen molar-refractivity contribution in [2.45, 2.75) is 71.9 Å². The maximum Gasteiger partial charge on any atom is 0.217 e. The summed E-state index contributed by atoms with van der Waals surface area (Å²) < 4.78 is 0.944. The Labute approximate surface area is 142 Å². The first-order chi connectivity index (χ1) is 11.1. The molecule has 1 rings (SSSR count). The minimum absolute atomic E-state index is 0.0593. The second-order valence-corrected chi connectivity index (χ2v) is 6.50. The zero-order chi connectivity index (χ0) is 17.0. The molecule has 0 aromatic carbocycles. The molecule has 2 atom stereocenters. The molecule has 23 heavy (non-hydrogen) atoms. The van der Waals surface area contributed by atoms with Gasteiger partial charge in [-0.3, -0.25) is 9.28 Å². The van der Waals surface area contributed by atoms with E-state index in [1.54, 1.807) is 6.92 Å². The molecule has 1 aliphatic rings. The summed E-state index contributed by atoms with van der Waals surface area (Å²) >= 11 is 0. The summed E-state index contributed by atoms with van der Waals surface area (Å²) in [5.74, 6) is 0.0593. The van der Waals surface area contributed by atoms with Crippen molar-refractivity contribution in [3.63, 3.8) is 0 Å². The van der Waals surface area contributed by atoms with E-state index in [1.807, 2.05) is 0 Å². The third-order valence-corrected chi connectivity index (χ3v) is 4.77. The summed E-state index contributed by atoms with van der Waals surface area (Å²) in [5, 5.41) is 6.45. The largest absolute Gasteiger partial charge is 0.351 e. The molecule has 2 N–H and O–H groups in total. The highest BCUT2D eigenvalue weighted by Crippen LogP contribution is 2.22. The highest BCUT2D eigenvalue weighted by Gasteiger charge is 2.36. The van der Waals surface area contributed by atoms with Gasteiger partial charge in [0.2, 0.25) is 5.91 Å². The normalized spacial score (nSPS) is 23.3. The predicted octanol–water partition coefficient (Wildman–Crippen LogP) is 3.67. The summed E-state index contributed by atoms with van der Waals surface area (Å²) in [5.41, 5.74) is 0. The molecule has 132 valence electrons. The van der Waals surface area contributed by atoms with E-state index in [0.29, 0.717) is 6.17 Å². The number of carbonyl (C=O) groups is 1. The van der Waals surface area contributed by atoms with Crippen LogP contribution in [-0.2, 0) is 4.79 Å². The summed E-state index contributed by atoms with van der Waals surface area (Å²) in [6.07, 6.45) is 18.2. The molecule has 0 saturated carbocycles. The number of hydrogen-bond donors (Lipinski definition) is 2. The molecule has 0 spiro atoms. The minimum atomic E-state index is 0.0593. The van der Waals surface area contributed by atoms with E-state index in [9.17, 15) is 4.79 Å². The molecule has 0 aromatic heterocycles. The van der Waals surface area contributed by atoms with Crippen molar-refractivity contribution in [1.29, 1.82) is 0 Å². The van der Waals surface area contributed by atoms with Gasteiger partial charge >= 0.3 is 0 Å². The molecule has 0 bridgehead atoms. The van der Waals surface area contributed by atoms with Gasteiger partial charge in [-0.25, -0.2) is 0 Å². The lowest BCUT2D eigenvalue weighted by Gasteiger charge is -2.37. The number of nitrogens with one attached hydrogen (secondary N) is 2. The van der Waals surface area contributed by atoms with E-state index in [2.05, 4.69) is 49.0 Å². The van der Waals surface area contributed by atoms with E-state index in [0.717, 1.165) is 30.5 Å². The maximum atomic E-state index is 11.1. The number of likely N-dealkylation sites (N-methyl/N-ethyl adjacent to an activating group) is 1. The van der Waals surface area contributed by atoms with Gasteiger partial charge in [-0.1, -0.05) is 31.9 Å². The number of quaternary nitrogens is 1. The van der Waals surface area contributed by atoms with Gasteiger partial charge in [0.1, 0.15) is 12.7 Å². The van der Waals surface area contributed by atoms with E-state index < -0.39 is 0 Å². The first-order valence-corrected chi connectivity index (χ1v) is 9.34. The number of carbonyl (C=O) groups excluding carboxylic acids is 1. The minimum Gasteiger partial charge on any atom is -0.351 e. The van der Waals surface area contributed by atoms with Crippen LogP contribution in [0.2, 0.25) is 0 Å². The van der Waals surface area contributed by atoms with Gasteiger partial charge in [0.15, 0.2) is 6.17 Å². The highest BCUT2D eigenvalue weighted by molar-refractivity contribution is 5.72. The molecule has 4 heteroatoms. The van der Waals surface area contributed by atoms with Crippen molar-refractivity contribution in [2.75, 3.05) is 19.6 Å². The van der Waals surface area contributed by atoms with Crippen molar-refractivity contribution in [2.24, 2.45) is 0 Å². The molecule has 0 aliphatic carbocycles. The van der Waals surface area contributed by atoms with Gasteiger partial charge in [0.05, 0.1) is 19.3 Å². The van der Waals surface area contributed by atoms with E-state index in [1.165, 1.54) is 38.5 Å². The van der Waals surface area contributed by atoms with Crippen molar-refractivity contribution in [3.05, 3.63) is 24.6 Å². The van der Waals surface area contributed by atoms with Crippen molar-refractivity contribution in [3.8, 4) is 0 Å². The molecule has 4 nitrogen and oxygen atoms in total. The summed E-state index contributed by atoms with van der Waals surface area (Å²) in [6, 6.07) is 0. The Kier molecular flexibility index (Phi) is 9.69. The second-order valence-electron chi connectivity index (χ2n) is 6.50. The molecule has 0 saturated heterocycles. The first-order valence-electron chi connectivity index (χ1n) is 9.34. The quantitative estimate of drug-likeness (QED) is 0.327. The number of rotatable bonds is 12. The topological polar surface area (TPSA) is 41.1 Å². The van der Waals surface area contributed by atoms with E-state index in [-0.39, 0.29) is 5.91 Å². The predicted molar refractivity (Wildman–Crippen MR) is 97.5 cm³/mol. The molecule has 0 radical (unpaired) electrons. The van der Waals surface area contributed by atoms with Gasteiger partial charge < -0.3 is 10.6 Å². The zero-order valence-corrected chi connectivity index (χ0v) is 15.3. The van der Waals surface area contributed by atoms with Crippen LogP contribution in [0.4, 0.5) is 0 Å². The van der Waals surface area contributed by atoms with Gasteiger partial charge in [0, 0.05) is 13.3 Å². The summed E-state index contributed by atoms with van der Waals surface area (Å²) in [4.78, 5) is 11.1. The highest BCUT2D eigenvalue weighted by atomic mass is 16.1. The number of allylic oxidation sites excluding steroid dienone is 2. The Balaban J connectivity index is 2.25. The van der Waals surface area contributed by atoms with Crippen LogP contribution in [0.1, 0.15) is 65.7 Å². The lowest BCUT2D eigenvalue weighted by molar-refractivity contribution is -0.898. The standard InChI is InChI=1S/C19H35N3O/c1-4-6-7-8-9-10-11-12-13-19-21-15-17-22(19,5-2)16-14-20-18(3)23/h6-7,15,17,19,21H,4-5,8-14,16H2,1-3H3/p+1/b7-6+. The zero-order valence-electron chi connectivity index (χ0n) is 15.3. The van der Waals surface area contributed by atoms with E-state index >= 15 is 0 Å². The molecule has 1 amide bonds. The average molecular weight is 323 g/mol. The summed E-state index contributed by atoms with van der Waals surface area (Å²) in [7, 11) is 0. The SMILES string of the molecule is CC/C=C/CCCCCCC1NC=C[N+]1(CC)CCNC(C)=O. The Hall–Kier alpha value is -1.29. The Bertz CT molecular complexity index is 392. The van der Waals surface area contributed by atoms with Crippen LogP contribution < -0.4 is 10.6 Å². The molecule has 1 heterocycles. The molecule has 0 aromatic rings. The fraction of sp³-hybridized carbons (Fsp3) is 0.737. The maximum absolute atomic E-state index is 11.1. The van der Waals surface area contributed by atoms with E-state index in [4.69, 9.17) is 0 Å². The Morgan fingerprint density at radius 1 is 1.22 bits per heavy atom. The lowest BCUT2D eigenvalue weighted by atomic mass is 10.1. The molecular formula is C19H36N3O+. The number of unbranched alkanes of at least 4 members (excludes halogenated alkanes) is 4. The van der Waals surface area contributed by atoms with Crippen LogP contribution >= 0.6 is 0 Å². The van der Waals surface area contributed by atoms with Crippen LogP contribution in [0.5, 0.6) is 0 Å². The van der Waals surface area contributed by atoms with Crippen LogP contribution in [0.25, 0.3) is 0 Å². The van der Waals surface area contributed by atoms with Crippen LogP contribution in [-0.4, -0.2) is 36.2 Å². The fourth-order valence-corrected chi connectivity index (χ4v) is 3.29. The first kappa shape index (κ1) is 19.8. The monoisotopic (exact) mass is 322 g/mol. The van der Waals surface area contributed by atoms with Gasteiger partial charge in [-0.05, 0) is 32.6 Å². The fourth-order valence-electron chi connectivity index (χ4n) is 3.29. The van der Waals surface area contributed by atoms with Crippen molar-refractivity contribution in [1.82, 2.24) is 10.6 Å². The number of amides is 1. The smallest absolute Gasteiger partial charge is 0.217 e. The van der Waals surface area contributed by atoms with Gasteiger partial charge in [-0.15, -0.1) is 0 Å². The van der Waals surface area contributed by atoms with Crippen LogP contribution in [0, 0.1) is 0 Å². The third-order valence-electron chi connectivity index (χ3n) is 4.77. The van der Waals surface area contributed by atoms with Crippen LogP contribution in [0.15, 0.2) is 24.6 Å². The third kappa shape index (κ3) is 7.21. The second kappa shape index (κ2) is 11.3. The summed E-state index contributed by atoms with van der Waals surface area (Å²) in [6.45, 7) is 8.78. The van der Waals surface area contributed by atoms with Crippen molar-refractivity contribution < 1.29 is 9.28 Å². The van der Waals surface area contributed by atoms with Crippen molar-refractivity contribution >= 4 is 5.91 Å². The average Bonchev–Trinajstić information content (AvgIpc) is 2.93. The Morgan fingerprint density at radius 3 is 2.70 bits per heavy atom.